The van der Waals surface area contributed by atoms with Crippen LogP contribution in [0.15, 0.2) is 24.3 Å². The molecule has 0 spiro atoms. The van der Waals surface area contributed by atoms with Crippen LogP contribution in [0.4, 0.5) is 9.52 Å². The molecule has 0 unspecified atom stereocenters. The van der Waals surface area contributed by atoms with Gasteiger partial charge in [0.05, 0.1) is 18.2 Å². The summed E-state index contributed by atoms with van der Waals surface area (Å²) >= 11 is 1.09. The molecule has 1 heterocycles. The summed E-state index contributed by atoms with van der Waals surface area (Å²) in [7, 11) is 1.30. The number of thiazole rings is 1. The Labute approximate surface area is 142 Å². The van der Waals surface area contributed by atoms with Crippen molar-refractivity contribution in [3.8, 4) is 0 Å². The predicted octanol–water partition coefficient (Wildman–Crippen LogP) is 3.44. The summed E-state index contributed by atoms with van der Waals surface area (Å²) in [5.41, 5.74) is 0.666. The van der Waals surface area contributed by atoms with Gasteiger partial charge < -0.3 is 10.1 Å². The number of halogens is 1. The molecule has 3 rings (SSSR count). The van der Waals surface area contributed by atoms with Crippen molar-refractivity contribution >= 4 is 28.3 Å². The van der Waals surface area contributed by atoms with Gasteiger partial charge in [0.1, 0.15) is 10.7 Å². The molecule has 0 atom stereocenters. The number of nitrogens with zero attached hydrogens (tertiary/aromatic N) is 1. The van der Waals surface area contributed by atoms with E-state index in [2.05, 4.69) is 10.3 Å². The third kappa shape index (κ3) is 2.80. The maximum absolute atomic E-state index is 13.1. The lowest BCUT2D eigenvalue weighted by atomic mass is 9.64. The Hall–Kier alpha value is -2.28. The van der Waals surface area contributed by atoms with Crippen LogP contribution >= 0.6 is 11.3 Å². The van der Waals surface area contributed by atoms with E-state index in [0.29, 0.717) is 28.5 Å². The first-order valence-electron chi connectivity index (χ1n) is 7.59. The summed E-state index contributed by atoms with van der Waals surface area (Å²) in [6, 6.07) is 6.04. The number of hydrogen-bond donors (Lipinski definition) is 1. The molecule has 1 aromatic carbocycles. The van der Waals surface area contributed by atoms with Crippen molar-refractivity contribution in [1.82, 2.24) is 4.98 Å². The van der Waals surface area contributed by atoms with Gasteiger partial charge in [0.15, 0.2) is 5.13 Å². The molecule has 0 saturated heterocycles. The summed E-state index contributed by atoms with van der Waals surface area (Å²) < 4.78 is 17.8. The van der Waals surface area contributed by atoms with E-state index in [1.54, 1.807) is 19.1 Å². The largest absolute Gasteiger partial charge is 0.465 e. The normalized spacial score (nSPS) is 15.5. The van der Waals surface area contributed by atoms with Crippen LogP contribution in [-0.2, 0) is 14.9 Å². The molecule has 5 nitrogen and oxygen atoms in total. The quantitative estimate of drug-likeness (QED) is 0.860. The second-order valence-electron chi connectivity index (χ2n) is 5.82. The first kappa shape index (κ1) is 16.6. The number of ether oxygens (including phenoxy) is 1. The minimum Gasteiger partial charge on any atom is -0.465 e. The van der Waals surface area contributed by atoms with Gasteiger partial charge in [-0.3, -0.25) is 4.79 Å². The van der Waals surface area contributed by atoms with E-state index >= 15 is 0 Å². The zero-order valence-corrected chi connectivity index (χ0v) is 14.2. The van der Waals surface area contributed by atoms with E-state index in [4.69, 9.17) is 4.74 Å². The molecule has 24 heavy (non-hydrogen) atoms. The topological polar surface area (TPSA) is 68.3 Å². The van der Waals surface area contributed by atoms with Gasteiger partial charge in [-0.2, -0.15) is 0 Å². The number of rotatable bonds is 4. The third-order valence-electron chi connectivity index (χ3n) is 4.43. The van der Waals surface area contributed by atoms with Crippen LogP contribution in [0.1, 0.15) is 40.2 Å². The molecule has 1 N–H and O–H groups in total. The van der Waals surface area contributed by atoms with Crippen molar-refractivity contribution in [2.75, 3.05) is 12.4 Å². The molecular weight excluding hydrogens is 331 g/mol. The van der Waals surface area contributed by atoms with Gasteiger partial charge in [-0.25, -0.2) is 14.2 Å². The number of hydrogen-bond acceptors (Lipinski definition) is 5. The van der Waals surface area contributed by atoms with Crippen molar-refractivity contribution in [3.05, 3.63) is 46.2 Å². The average Bonchev–Trinajstić information content (AvgIpc) is 2.87. The maximum Gasteiger partial charge on any atom is 0.350 e. The molecule has 7 heteroatoms. The Kier molecular flexibility index (Phi) is 4.36. The Bertz CT molecular complexity index is 782. The number of carbonyl (C=O) groups excluding carboxylic acids is 2. The number of aryl methyl sites for hydroxylation is 1. The van der Waals surface area contributed by atoms with Gasteiger partial charge in [0.25, 0.3) is 0 Å². The monoisotopic (exact) mass is 348 g/mol. The fraction of sp³-hybridized carbons (Fsp3) is 0.353. The van der Waals surface area contributed by atoms with E-state index in [1.807, 2.05) is 0 Å². The highest BCUT2D eigenvalue weighted by molar-refractivity contribution is 7.17. The zero-order valence-electron chi connectivity index (χ0n) is 13.4. The number of anilines is 1. The molecule has 1 amide bonds. The first-order valence-corrected chi connectivity index (χ1v) is 8.41. The van der Waals surface area contributed by atoms with Crippen LogP contribution in [-0.4, -0.2) is 24.0 Å². The Balaban J connectivity index is 1.83. The van der Waals surface area contributed by atoms with E-state index in [-0.39, 0.29) is 11.7 Å². The Morgan fingerprint density at radius 1 is 1.29 bits per heavy atom. The summed E-state index contributed by atoms with van der Waals surface area (Å²) in [6.45, 7) is 1.69. The molecule has 1 saturated carbocycles. The van der Waals surface area contributed by atoms with Gasteiger partial charge in [-0.05, 0) is 37.5 Å². The van der Waals surface area contributed by atoms with Gasteiger partial charge >= 0.3 is 5.97 Å². The maximum atomic E-state index is 13.1. The van der Waals surface area contributed by atoms with Crippen LogP contribution < -0.4 is 5.32 Å². The minimum atomic E-state index is -0.654. The zero-order chi connectivity index (χ0) is 17.3. The summed E-state index contributed by atoms with van der Waals surface area (Å²) in [6.07, 6.45) is 2.35. The second-order valence-corrected chi connectivity index (χ2v) is 6.82. The van der Waals surface area contributed by atoms with E-state index in [9.17, 15) is 14.0 Å². The fourth-order valence-corrected chi connectivity index (χ4v) is 3.77. The summed E-state index contributed by atoms with van der Waals surface area (Å²) in [5, 5.41) is 3.17. The molecule has 1 fully saturated rings. The standard InChI is InChI=1S/C17H17FN2O3S/c1-10-13(14(21)23-2)24-16(19-10)20-15(22)17(8-3-9-17)11-4-6-12(18)7-5-11/h4-7H,3,8-9H2,1-2H3,(H,19,20,22). The number of benzene rings is 1. The number of aromatic nitrogens is 1. The van der Waals surface area contributed by atoms with Gasteiger partial charge in [0.2, 0.25) is 5.91 Å². The number of amides is 1. The van der Waals surface area contributed by atoms with Crippen LogP contribution in [0.3, 0.4) is 0 Å². The van der Waals surface area contributed by atoms with Crippen molar-refractivity contribution in [3.63, 3.8) is 0 Å². The lowest BCUT2D eigenvalue weighted by Crippen LogP contribution is -2.46. The van der Waals surface area contributed by atoms with Crippen molar-refractivity contribution in [1.29, 1.82) is 0 Å². The first-order chi connectivity index (χ1) is 11.5. The molecule has 1 aliphatic rings. The SMILES string of the molecule is COC(=O)c1sc(NC(=O)C2(c3ccc(F)cc3)CCC2)nc1C. The molecular formula is C17H17FN2O3S. The smallest absolute Gasteiger partial charge is 0.350 e. The number of esters is 1. The second kappa shape index (κ2) is 6.32. The number of nitrogens with one attached hydrogen (secondary N) is 1. The Morgan fingerprint density at radius 3 is 2.50 bits per heavy atom. The fourth-order valence-electron chi connectivity index (χ4n) is 2.89. The highest BCUT2D eigenvalue weighted by Crippen LogP contribution is 2.44. The molecule has 1 aromatic heterocycles. The van der Waals surface area contributed by atoms with Gasteiger partial charge in [0, 0.05) is 0 Å². The lowest BCUT2D eigenvalue weighted by molar-refractivity contribution is -0.124. The van der Waals surface area contributed by atoms with E-state index < -0.39 is 11.4 Å². The highest BCUT2D eigenvalue weighted by Gasteiger charge is 2.46. The molecule has 1 aliphatic carbocycles. The van der Waals surface area contributed by atoms with Crippen molar-refractivity contribution < 1.29 is 18.7 Å². The van der Waals surface area contributed by atoms with Gasteiger partial charge in [-0.15, -0.1) is 0 Å². The van der Waals surface area contributed by atoms with Crippen LogP contribution in [0.25, 0.3) is 0 Å². The number of methoxy groups -OCH3 is 1. The van der Waals surface area contributed by atoms with Crippen LogP contribution in [0.2, 0.25) is 0 Å². The highest BCUT2D eigenvalue weighted by atomic mass is 32.1. The molecule has 0 bridgehead atoms. The summed E-state index contributed by atoms with van der Waals surface area (Å²) in [5.74, 6) is -0.972. The number of carbonyl (C=O) groups is 2. The van der Waals surface area contributed by atoms with Crippen LogP contribution in [0, 0.1) is 12.7 Å². The van der Waals surface area contributed by atoms with E-state index in [0.717, 1.165) is 23.3 Å². The molecule has 2 aromatic rings. The Morgan fingerprint density at radius 2 is 1.96 bits per heavy atom. The van der Waals surface area contributed by atoms with Crippen molar-refractivity contribution in [2.45, 2.75) is 31.6 Å². The van der Waals surface area contributed by atoms with Crippen LogP contribution in [0.5, 0.6) is 0 Å². The minimum absolute atomic E-state index is 0.175. The molecule has 126 valence electrons. The molecule has 0 radical (unpaired) electrons. The van der Waals surface area contributed by atoms with Gasteiger partial charge in [-0.1, -0.05) is 29.9 Å². The predicted molar refractivity (Wildman–Crippen MR) is 88.7 cm³/mol. The summed E-state index contributed by atoms with van der Waals surface area (Å²) in [4.78, 5) is 29.1. The lowest BCUT2D eigenvalue weighted by Gasteiger charge is -2.40. The van der Waals surface area contributed by atoms with E-state index in [1.165, 1.54) is 19.2 Å². The molecule has 0 aliphatic heterocycles. The average molecular weight is 348 g/mol. The third-order valence-corrected chi connectivity index (χ3v) is 5.48. The van der Waals surface area contributed by atoms with Crippen molar-refractivity contribution in [2.24, 2.45) is 0 Å².